The predicted octanol–water partition coefficient (Wildman–Crippen LogP) is 3.80. The lowest BCUT2D eigenvalue weighted by Gasteiger charge is -2.39. The topological polar surface area (TPSA) is 104 Å². The van der Waals surface area contributed by atoms with Crippen LogP contribution in [-0.2, 0) is 23.9 Å². The van der Waals surface area contributed by atoms with Gasteiger partial charge in [-0.2, -0.15) is 0 Å². The summed E-state index contributed by atoms with van der Waals surface area (Å²) < 4.78 is 16.0. The number of hydrogen-bond donors (Lipinski definition) is 1. The standard InChI is InChI=1S/C28H30N2O6/c1-5-35-27(32)22-16(3)30-21-15-19(17-10-12-18(34-4)13-11-17)23(28(33)36-6-2)26(31)25(21)24(22)20-9-7-8-14-29-20/h7-14,19,23-24,30H,5-6,15H2,1-4H3/t19-,23+,24+/m0/s1. The lowest BCUT2D eigenvalue weighted by Crippen LogP contribution is -2.43. The summed E-state index contributed by atoms with van der Waals surface area (Å²) in [4.78, 5) is 44.9. The summed E-state index contributed by atoms with van der Waals surface area (Å²) in [7, 11) is 1.58. The molecule has 36 heavy (non-hydrogen) atoms. The van der Waals surface area contributed by atoms with Gasteiger partial charge in [-0.05, 0) is 57.0 Å². The lowest BCUT2D eigenvalue weighted by atomic mass is 9.67. The molecule has 0 unspecified atom stereocenters. The number of nitrogens with one attached hydrogen (secondary N) is 1. The second-order valence-corrected chi connectivity index (χ2v) is 8.64. The molecule has 3 atom stereocenters. The van der Waals surface area contributed by atoms with Crippen LogP contribution in [0.25, 0.3) is 0 Å². The summed E-state index contributed by atoms with van der Waals surface area (Å²) >= 11 is 0. The number of nitrogens with zero attached hydrogens (tertiary/aromatic N) is 1. The fourth-order valence-corrected chi connectivity index (χ4v) is 5.02. The van der Waals surface area contributed by atoms with E-state index in [1.807, 2.05) is 12.1 Å². The Morgan fingerprint density at radius 3 is 2.39 bits per heavy atom. The van der Waals surface area contributed by atoms with Gasteiger partial charge in [0.05, 0.1) is 37.5 Å². The third-order valence-electron chi connectivity index (χ3n) is 6.58. The summed E-state index contributed by atoms with van der Waals surface area (Å²) in [5.74, 6) is -3.09. The van der Waals surface area contributed by atoms with Crippen molar-refractivity contribution in [3.05, 3.63) is 82.5 Å². The molecular weight excluding hydrogens is 460 g/mol. The number of ketones is 1. The third kappa shape index (κ3) is 4.63. The molecule has 0 saturated heterocycles. The monoisotopic (exact) mass is 490 g/mol. The van der Waals surface area contributed by atoms with Gasteiger partial charge in [-0.1, -0.05) is 18.2 Å². The zero-order valence-corrected chi connectivity index (χ0v) is 20.9. The van der Waals surface area contributed by atoms with Gasteiger partial charge in [0.15, 0.2) is 5.78 Å². The fraction of sp³-hybridized carbons (Fsp3) is 0.357. The van der Waals surface area contributed by atoms with Crippen molar-refractivity contribution in [3.63, 3.8) is 0 Å². The van der Waals surface area contributed by atoms with Crippen LogP contribution in [0.4, 0.5) is 0 Å². The molecule has 1 aromatic heterocycles. The Kier molecular flexibility index (Phi) is 7.52. The molecule has 0 spiro atoms. The summed E-state index contributed by atoms with van der Waals surface area (Å²) in [5.41, 5.74) is 3.29. The van der Waals surface area contributed by atoms with Gasteiger partial charge in [0.25, 0.3) is 0 Å². The minimum absolute atomic E-state index is 0.152. The first-order valence-electron chi connectivity index (χ1n) is 12.0. The van der Waals surface area contributed by atoms with Crippen molar-refractivity contribution in [2.75, 3.05) is 20.3 Å². The van der Waals surface area contributed by atoms with Crippen LogP contribution in [0.15, 0.2) is 71.2 Å². The zero-order chi connectivity index (χ0) is 25.8. The van der Waals surface area contributed by atoms with Crippen LogP contribution in [0, 0.1) is 5.92 Å². The van der Waals surface area contributed by atoms with E-state index < -0.39 is 29.7 Å². The number of pyridine rings is 1. The number of methoxy groups -OCH3 is 1. The molecule has 0 saturated carbocycles. The first kappa shape index (κ1) is 25.2. The van der Waals surface area contributed by atoms with Crippen LogP contribution < -0.4 is 10.1 Å². The molecule has 1 aliphatic carbocycles. The van der Waals surface area contributed by atoms with Crippen molar-refractivity contribution < 1.29 is 28.6 Å². The van der Waals surface area contributed by atoms with Crippen molar-refractivity contribution in [3.8, 4) is 5.75 Å². The number of carbonyl (C=O) groups excluding carboxylic acids is 3. The molecule has 0 fully saturated rings. The number of aromatic nitrogens is 1. The van der Waals surface area contributed by atoms with Crippen molar-refractivity contribution in [1.82, 2.24) is 10.3 Å². The number of benzene rings is 1. The quantitative estimate of drug-likeness (QED) is 0.462. The highest BCUT2D eigenvalue weighted by Gasteiger charge is 2.49. The number of Topliss-reactive ketones (excluding diaryl/α,β-unsaturated/α-hetero) is 1. The summed E-state index contributed by atoms with van der Waals surface area (Å²) in [6.07, 6.45) is 2.00. The number of hydrogen-bond acceptors (Lipinski definition) is 8. The van der Waals surface area contributed by atoms with Gasteiger partial charge in [0, 0.05) is 29.1 Å². The highest BCUT2D eigenvalue weighted by molar-refractivity contribution is 6.13. The minimum Gasteiger partial charge on any atom is -0.497 e. The fourth-order valence-electron chi connectivity index (χ4n) is 5.02. The third-order valence-corrected chi connectivity index (χ3v) is 6.58. The molecule has 8 nitrogen and oxygen atoms in total. The van der Waals surface area contributed by atoms with E-state index in [1.165, 1.54) is 0 Å². The second-order valence-electron chi connectivity index (χ2n) is 8.64. The Bertz CT molecular complexity index is 1220. The van der Waals surface area contributed by atoms with E-state index in [9.17, 15) is 14.4 Å². The average Bonchev–Trinajstić information content (AvgIpc) is 2.88. The van der Waals surface area contributed by atoms with Gasteiger partial charge in [-0.15, -0.1) is 0 Å². The van der Waals surface area contributed by atoms with E-state index in [1.54, 1.807) is 64.4 Å². The van der Waals surface area contributed by atoms with Gasteiger partial charge in [0.1, 0.15) is 11.7 Å². The molecule has 2 aliphatic rings. The lowest BCUT2D eigenvalue weighted by molar-refractivity contribution is -0.152. The van der Waals surface area contributed by atoms with Crippen LogP contribution in [0.2, 0.25) is 0 Å². The van der Waals surface area contributed by atoms with Crippen molar-refractivity contribution in [1.29, 1.82) is 0 Å². The Hall–Kier alpha value is -3.94. The summed E-state index contributed by atoms with van der Waals surface area (Å²) in [5, 5.41) is 3.28. The normalized spacial score (nSPS) is 21.4. The number of dihydropyridines is 1. The second kappa shape index (κ2) is 10.8. The van der Waals surface area contributed by atoms with Crippen molar-refractivity contribution >= 4 is 17.7 Å². The van der Waals surface area contributed by atoms with Gasteiger partial charge < -0.3 is 19.5 Å². The molecule has 1 aliphatic heterocycles. The number of esters is 2. The van der Waals surface area contributed by atoms with E-state index >= 15 is 0 Å². The average molecular weight is 491 g/mol. The molecule has 1 N–H and O–H groups in total. The maximum absolute atomic E-state index is 14.2. The number of carbonyl (C=O) groups is 3. The molecule has 4 rings (SSSR count). The Labute approximate surface area is 210 Å². The highest BCUT2D eigenvalue weighted by Crippen LogP contribution is 2.47. The van der Waals surface area contributed by atoms with E-state index in [2.05, 4.69) is 10.3 Å². The maximum Gasteiger partial charge on any atom is 0.336 e. The first-order valence-corrected chi connectivity index (χ1v) is 12.0. The van der Waals surface area contributed by atoms with E-state index in [0.29, 0.717) is 40.4 Å². The minimum atomic E-state index is -1.06. The SMILES string of the molecule is CCOC(=O)C1=C(C)NC2=C(C(=O)[C@H](C(=O)OCC)[C@H](c3ccc(OC)cc3)C2)[C@@H]1c1ccccn1. The largest absolute Gasteiger partial charge is 0.497 e. The number of allylic oxidation sites excluding steroid dienone is 3. The molecule has 188 valence electrons. The van der Waals surface area contributed by atoms with Crippen LogP contribution in [0.5, 0.6) is 5.75 Å². The molecule has 2 heterocycles. The molecule has 0 amide bonds. The van der Waals surface area contributed by atoms with Gasteiger partial charge >= 0.3 is 11.9 Å². The Morgan fingerprint density at radius 2 is 1.78 bits per heavy atom. The molecule has 8 heteroatoms. The van der Waals surface area contributed by atoms with E-state index in [-0.39, 0.29) is 19.0 Å². The molecule has 2 aromatic rings. The smallest absolute Gasteiger partial charge is 0.336 e. The van der Waals surface area contributed by atoms with Gasteiger partial charge in [-0.25, -0.2) is 4.79 Å². The summed E-state index contributed by atoms with van der Waals surface area (Å²) in [6, 6.07) is 12.7. The molecule has 0 bridgehead atoms. The van der Waals surface area contributed by atoms with Crippen molar-refractivity contribution in [2.24, 2.45) is 5.92 Å². The predicted molar refractivity (Wildman–Crippen MR) is 132 cm³/mol. The number of rotatable bonds is 7. The van der Waals surface area contributed by atoms with Gasteiger partial charge in [-0.3, -0.25) is 14.6 Å². The van der Waals surface area contributed by atoms with Crippen LogP contribution in [-0.4, -0.2) is 43.0 Å². The Morgan fingerprint density at radius 1 is 1.06 bits per heavy atom. The van der Waals surface area contributed by atoms with Gasteiger partial charge in [0.2, 0.25) is 0 Å². The van der Waals surface area contributed by atoms with Crippen LogP contribution in [0.3, 0.4) is 0 Å². The van der Waals surface area contributed by atoms with Crippen molar-refractivity contribution in [2.45, 2.75) is 39.0 Å². The molecule has 1 aromatic carbocycles. The van der Waals surface area contributed by atoms with E-state index in [0.717, 1.165) is 5.56 Å². The zero-order valence-electron chi connectivity index (χ0n) is 20.9. The highest BCUT2D eigenvalue weighted by atomic mass is 16.5. The Balaban J connectivity index is 1.87. The maximum atomic E-state index is 14.2. The van der Waals surface area contributed by atoms with E-state index in [4.69, 9.17) is 14.2 Å². The molecular formula is C28H30N2O6. The summed E-state index contributed by atoms with van der Waals surface area (Å²) in [6.45, 7) is 5.57. The first-order chi connectivity index (χ1) is 17.4. The van der Waals surface area contributed by atoms with Crippen LogP contribution in [0.1, 0.15) is 50.3 Å². The van der Waals surface area contributed by atoms with Crippen LogP contribution >= 0.6 is 0 Å². The number of ether oxygens (including phenoxy) is 3. The molecule has 0 radical (unpaired) electrons.